The summed E-state index contributed by atoms with van der Waals surface area (Å²) in [5.41, 5.74) is 0.175. The van der Waals surface area contributed by atoms with Crippen molar-refractivity contribution < 1.29 is 19.8 Å². The second kappa shape index (κ2) is 4.76. The number of phenolic OH excluding ortho intramolecular Hbond substituents is 1. The predicted octanol–water partition coefficient (Wildman–Crippen LogP) is 2.49. The lowest BCUT2D eigenvalue weighted by molar-refractivity contribution is -0.137. The van der Waals surface area contributed by atoms with Crippen LogP contribution < -0.4 is 4.90 Å². The van der Waals surface area contributed by atoms with Crippen LogP contribution in [0.5, 0.6) is 5.75 Å². The van der Waals surface area contributed by atoms with Gasteiger partial charge in [-0.25, -0.2) is 0 Å². The summed E-state index contributed by atoms with van der Waals surface area (Å²) in [4.78, 5) is 25.1. The summed E-state index contributed by atoms with van der Waals surface area (Å²) in [5, 5.41) is 18.4. The molecule has 5 nitrogen and oxygen atoms in total. The van der Waals surface area contributed by atoms with Gasteiger partial charge in [0.2, 0.25) is 5.91 Å². The molecule has 1 amide bonds. The van der Waals surface area contributed by atoms with E-state index in [1.54, 1.807) is 12.1 Å². The maximum Gasteiger partial charge on any atom is 0.323 e. The first-order chi connectivity index (χ1) is 9.59. The van der Waals surface area contributed by atoms with Gasteiger partial charge < -0.3 is 15.1 Å². The third kappa shape index (κ3) is 2.48. The Balaban J connectivity index is 2.31. The monoisotopic (exact) mass is 291 g/mol. The number of nitrogens with zero attached hydrogens (tertiary/aromatic N) is 1. The number of carboxylic acid groups (broad SMARTS) is 1. The van der Waals surface area contributed by atoms with Crippen LogP contribution in [0, 0.1) is 16.7 Å². The summed E-state index contributed by atoms with van der Waals surface area (Å²) in [6.45, 7) is 7.69. The van der Waals surface area contributed by atoms with Crippen LogP contribution in [0.3, 0.4) is 0 Å². The van der Waals surface area contributed by atoms with Crippen LogP contribution in [0.25, 0.3) is 0 Å². The normalized spacial score (nSPS) is 19.0. The van der Waals surface area contributed by atoms with E-state index in [-0.39, 0.29) is 34.9 Å². The van der Waals surface area contributed by atoms with Gasteiger partial charge in [-0.15, -0.1) is 0 Å². The van der Waals surface area contributed by atoms with Crippen molar-refractivity contribution in [2.45, 2.75) is 27.7 Å². The van der Waals surface area contributed by atoms with Gasteiger partial charge in [-0.2, -0.15) is 0 Å². The number of phenols is 1. The molecule has 0 spiro atoms. The number of rotatable bonds is 4. The van der Waals surface area contributed by atoms with Crippen LogP contribution >= 0.6 is 0 Å². The van der Waals surface area contributed by atoms with Crippen LogP contribution in [0.2, 0.25) is 0 Å². The third-order valence-electron chi connectivity index (χ3n) is 4.99. The van der Waals surface area contributed by atoms with Crippen molar-refractivity contribution in [3.8, 4) is 5.75 Å². The summed E-state index contributed by atoms with van der Waals surface area (Å²) in [5.74, 6) is -1.38. The summed E-state index contributed by atoms with van der Waals surface area (Å²) < 4.78 is 0. The summed E-state index contributed by atoms with van der Waals surface area (Å²) >= 11 is 0. The number of anilines is 1. The van der Waals surface area contributed by atoms with Gasteiger partial charge in [0.15, 0.2) is 0 Å². The fraction of sp³-hybridized carbons (Fsp3) is 0.500. The Bertz CT molecular complexity index is 560. The number of hydrogen-bond donors (Lipinski definition) is 2. The number of aromatic hydroxyl groups is 1. The number of carbonyl (C=O) groups excluding carboxylic acids is 1. The minimum Gasteiger partial charge on any atom is -0.508 e. The molecule has 1 fully saturated rings. The van der Waals surface area contributed by atoms with Crippen LogP contribution in [0.15, 0.2) is 24.3 Å². The number of hydrogen-bond acceptors (Lipinski definition) is 3. The predicted molar refractivity (Wildman–Crippen MR) is 79.1 cm³/mol. The Morgan fingerprint density at radius 1 is 1.10 bits per heavy atom. The molecular weight excluding hydrogens is 270 g/mol. The minimum atomic E-state index is -1.06. The van der Waals surface area contributed by atoms with Gasteiger partial charge in [0.25, 0.3) is 0 Å². The molecule has 0 atom stereocenters. The number of aliphatic carboxylic acids is 1. The summed E-state index contributed by atoms with van der Waals surface area (Å²) in [6, 6.07) is 6.00. The lowest BCUT2D eigenvalue weighted by atomic mass is 10.0. The average Bonchev–Trinajstić information content (AvgIpc) is 2.77. The minimum absolute atomic E-state index is 0.0774. The topological polar surface area (TPSA) is 77.8 Å². The molecule has 0 heterocycles. The standard InChI is InChI=1S/C16H21NO4/c1-15(2)13(16(15,3)4)14(21)17(9-12(19)20)10-5-7-11(18)8-6-10/h5-8,13,18H,9H2,1-4H3,(H,19,20). The highest BCUT2D eigenvalue weighted by molar-refractivity contribution is 6.01. The zero-order valence-corrected chi connectivity index (χ0v) is 12.8. The van der Waals surface area contributed by atoms with E-state index in [1.807, 2.05) is 27.7 Å². The van der Waals surface area contributed by atoms with Gasteiger partial charge in [0.1, 0.15) is 12.3 Å². The van der Waals surface area contributed by atoms with Crippen molar-refractivity contribution in [1.82, 2.24) is 0 Å². The first kappa shape index (κ1) is 15.4. The fourth-order valence-electron chi connectivity index (χ4n) is 3.03. The summed E-state index contributed by atoms with van der Waals surface area (Å²) in [7, 11) is 0. The first-order valence-corrected chi connectivity index (χ1v) is 6.91. The highest BCUT2D eigenvalue weighted by Crippen LogP contribution is 2.68. The van der Waals surface area contributed by atoms with E-state index in [2.05, 4.69) is 0 Å². The van der Waals surface area contributed by atoms with Crippen molar-refractivity contribution >= 4 is 17.6 Å². The number of carboxylic acids is 1. The molecule has 1 aromatic rings. The van der Waals surface area contributed by atoms with E-state index in [1.165, 1.54) is 17.0 Å². The van der Waals surface area contributed by atoms with Crippen LogP contribution in [-0.2, 0) is 9.59 Å². The summed E-state index contributed by atoms with van der Waals surface area (Å²) in [6.07, 6.45) is 0. The maximum absolute atomic E-state index is 12.8. The van der Waals surface area contributed by atoms with E-state index in [4.69, 9.17) is 5.11 Å². The van der Waals surface area contributed by atoms with Crippen molar-refractivity contribution in [3.05, 3.63) is 24.3 Å². The van der Waals surface area contributed by atoms with Crippen molar-refractivity contribution in [2.24, 2.45) is 16.7 Å². The Morgan fingerprint density at radius 3 is 1.95 bits per heavy atom. The molecule has 0 bridgehead atoms. The lowest BCUT2D eigenvalue weighted by Gasteiger charge is -2.22. The number of amides is 1. The van der Waals surface area contributed by atoms with Gasteiger partial charge in [-0.3, -0.25) is 9.59 Å². The molecule has 0 aliphatic heterocycles. The van der Waals surface area contributed by atoms with Gasteiger partial charge in [0, 0.05) is 11.6 Å². The molecule has 2 rings (SSSR count). The second-order valence-electron chi connectivity index (χ2n) is 6.71. The zero-order chi connectivity index (χ0) is 16.0. The molecule has 0 unspecified atom stereocenters. The molecule has 5 heteroatoms. The van der Waals surface area contributed by atoms with Crippen molar-refractivity contribution in [1.29, 1.82) is 0 Å². The highest BCUT2D eigenvalue weighted by Gasteiger charge is 2.69. The SMILES string of the molecule is CC1(C)C(C(=O)N(CC(=O)O)c2ccc(O)cc2)C1(C)C. The van der Waals surface area contributed by atoms with Crippen molar-refractivity contribution in [3.63, 3.8) is 0 Å². The Labute approximate surface area is 124 Å². The number of benzene rings is 1. The fourth-order valence-corrected chi connectivity index (χ4v) is 3.03. The van der Waals surface area contributed by atoms with Crippen LogP contribution in [-0.4, -0.2) is 28.6 Å². The molecule has 0 aromatic heterocycles. The van der Waals surface area contributed by atoms with E-state index in [0.717, 1.165) is 0 Å². The van der Waals surface area contributed by atoms with E-state index in [0.29, 0.717) is 5.69 Å². The van der Waals surface area contributed by atoms with E-state index < -0.39 is 5.97 Å². The molecule has 21 heavy (non-hydrogen) atoms. The molecular formula is C16H21NO4. The smallest absolute Gasteiger partial charge is 0.323 e. The molecule has 0 saturated heterocycles. The Hall–Kier alpha value is -2.04. The zero-order valence-electron chi connectivity index (χ0n) is 12.8. The Morgan fingerprint density at radius 2 is 1.57 bits per heavy atom. The second-order valence-corrected chi connectivity index (χ2v) is 6.71. The molecule has 1 aliphatic carbocycles. The molecule has 2 N–H and O–H groups in total. The van der Waals surface area contributed by atoms with E-state index >= 15 is 0 Å². The maximum atomic E-state index is 12.8. The average molecular weight is 291 g/mol. The van der Waals surface area contributed by atoms with E-state index in [9.17, 15) is 14.7 Å². The van der Waals surface area contributed by atoms with Gasteiger partial charge in [0.05, 0.1) is 0 Å². The molecule has 114 valence electrons. The molecule has 1 aromatic carbocycles. The van der Waals surface area contributed by atoms with Gasteiger partial charge in [-0.05, 0) is 35.1 Å². The quantitative estimate of drug-likeness (QED) is 0.893. The lowest BCUT2D eigenvalue weighted by Crippen LogP contribution is -2.38. The van der Waals surface area contributed by atoms with Gasteiger partial charge >= 0.3 is 5.97 Å². The highest BCUT2D eigenvalue weighted by atomic mass is 16.4. The third-order valence-corrected chi connectivity index (χ3v) is 4.99. The molecule has 1 aliphatic rings. The largest absolute Gasteiger partial charge is 0.508 e. The van der Waals surface area contributed by atoms with Crippen LogP contribution in [0.1, 0.15) is 27.7 Å². The molecule has 0 radical (unpaired) electrons. The van der Waals surface area contributed by atoms with Gasteiger partial charge in [-0.1, -0.05) is 27.7 Å². The first-order valence-electron chi connectivity index (χ1n) is 6.91. The van der Waals surface area contributed by atoms with Crippen molar-refractivity contribution in [2.75, 3.05) is 11.4 Å². The molecule has 1 saturated carbocycles. The Kier molecular flexibility index (Phi) is 3.48. The van der Waals surface area contributed by atoms with Crippen LogP contribution in [0.4, 0.5) is 5.69 Å². The number of carbonyl (C=O) groups is 2.